The number of rotatable bonds is 4. The Morgan fingerprint density at radius 2 is 1.70 bits per heavy atom. The maximum atomic E-state index is 4.68. The van der Waals surface area contributed by atoms with Gasteiger partial charge in [-0.05, 0) is 69.3 Å². The van der Waals surface area contributed by atoms with Crippen molar-refractivity contribution in [2.24, 2.45) is 5.92 Å². The minimum absolute atomic E-state index is 0.0329. The van der Waals surface area contributed by atoms with E-state index in [-0.39, 0.29) is 5.41 Å². The minimum Gasteiger partial charge on any atom is -0.245 e. The molecule has 0 bridgehead atoms. The number of hydrogen-bond acceptors (Lipinski definition) is 4. The van der Waals surface area contributed by atoms with E-state index in [1.165, 1.54) is 27.3 Å². The zero-order valence-electron chi connectivity index (χ0n) is 19.9. The maximum Gasteiger partial charge on any atom is 0.124 e. The van der Waals surface area contributed by atoms with Gasteiger partial charge in [-0.3, -0.25) is 0 Å². The third kappa shape index (κ3) is 4.16. The van der Waals surface area contributed by atoms with Crippen LogP contribution in [0.3, 0.4) is 0 Å². The van der Waals surface area contributed by atoms with Crippen LogP contribution in [0.5, 0.6) is 0 Å². The standard InChI is InChI=1S/C29H29N3S/c1-18(2)12-21-16-33-28-27(21)23(10-11-30-28)26-15-25(31-17-32-26)20-13-19-8-6-7-9-22(19)24(14-20)29(3,4)5/h6-11,13-18H,12H2,1-5H3. The van der Waals surface area contributed by atoms with E-state index in [4.69, 9.17) is 0 Å². The molecule has 0 amide bonds. The average Bonchev–Trinajstić information content (AvgIpc) is 3.20. The summed E-state index contributed by atoms with van der Waals surface area (Å²) >= 11 is 1.72. The molecular formula is C29H29N3S. The second kappa shape index (κ2) is 8.35. The molecule has 5 rings (SSSR count). The van der Waals surface area contributed by atoms with Crippen molar-refractivity contribution in [2.75, 3.05) is 0 Å². The smallest absolute Gasteiger partial charge is 0.124 e. The highest BCUT2D eigenvalue weighted by Crippen LogP contribution is 2.37. The Morgan fingerprint density at radius 3 is 2.48 bits per heavy atom. The van der Waals surface area contributed by atoms with Crippen molar-refractivity contribution in [3.05, 3.63) is 77.6 Å². The summed E-state index contributed by atoms with van der Waals surface area (Å²) in [5, 5.41) is 6.02. The normalized spacial score (nSPS) is 12.2. The fraction of sp³-hybridized carbons (Fsp3) is 0.276. The van der Waals surface area contributed by atoms with Gasteiger partial charge in [0, 0.05) is 22.7 Å². The van der Waals surface area contributed by atoms with Gasteiger partial charge in [-0.1, -0.05) is 58.9 Å². The van der Waals surface area contributed by atoms with Crippen LogP contribution < -0.4 is 0 Å². The van der Waals surface area contributed by atoms with Crippen LogP contribution in [0.15, 0.2) is 66.4 Å². The Morgan fingerprint density at radius 1 is 0.909 bits per heavy atom. The van der Waals surface area contributed by atoms with Gasteiger partial charge < -0.3 is 0 Å². The summed E-state index contributed by atoms with van der Waals surface area (Å²) in [5.74, 6) is 0.588. The Kier molecular flexibility index (Phi) is 5.49. The Bertz CT molecular complexity index is 1460. The molecule has 0 radical (unpaired) electrons. The van der Waals surface area contributed by atoms with Crippen LogP contribution in [0.2, 0.25) is 0 Å². The molecule has 0 atom stereocenters. The van der Waals surface area contributed by atoms with Crippen molar-refractivity contribution < 1.29 is 0 Å². The van der Waals surface area contributed by atoms with Crippen molar-refractivity contribution in [2.45, 2.75) is 46.5 Å². The summed E-state index contributed by atoms with van der Waals surface area (Å²) in [5.41, 5.74) is 6.87. The minimum atomic E-state index is 0.0329. The number of benzene rings is 2. The van der Waals surface area contributed by atoms with Crippen LogP contribution in [-0.2, 0) is 11.8 Å². The summed E-state index contributed by atoms with van der Waals surface area (Å²) in [7, 11) is 0. The molecule has 0 saturated heterocycles. The predicted molar refractivity (Wildman–Crippen MR) is 141 cm³/mol. The SMILES string of the molecule is CC(C)Cc1csc2nccc(-c3cc(-c4cc(C(C)(C)C)c5ccccc5c4)ncn3)c12. The fourth-order valence-electron chi connectivity index (χ4n) is 4.57. The number of thiophene rings is 1. The van der Waals surface area contributed by atoms with Gasteiger partial charge in [0.15, 0.2) is 0 Å². The Labute approximate surface area is 199 Å². The summed E-state index contributed by atoms with van der Waals surface area (Å²) < 4.78 is 0. The molecule has 3 nitrogen and oxygen atoms in total. The largest absolute Gasteiger partial charge is 0.245 e. The zero-order valence-corrected chi connectivity index (χ0v) is 20.7. The highest BCUT2D eigenvalue weighted by molar-refractivity contribution is 7.17. The molecule has 0 aliphatic carbocycles. The van der Waals surface area contributed by atoms with Crippen LogP contribution in [0, 0.1) is 5.92 Å². The van der Waals surface area contributed by atoms with Crippen molar-refractivity contribution in [1.82, 2.24) is 15.0 Å². The highest BCUT2D eigenvalue weighted by atomic mass is 32.1. The van der Waals surface area contributed by atoms with E-state index in [2.05, 4.69) is 103 Å². The van der Waals surface area contributed by atoms with E-state index in [0.29, 0.717) is 5.92 Å². The van der Waals surface area contributed by atoms with Crippen LogP contribution in [-0.4, -0.2) is 15.0 Å². The molecule has 0 fully saturated rings. The van der Waals surface area contributed by atoms with E-state index in [9.17, 15) is 0 Å². The molecule has 0 aliphatic rings. The molecule has 0 saturated carbocycles. The molecule has 0 N–H and O–H groups in total. The van der Waals surface area contributed by atoms with Crippen LogP contribution in [0.25, 0.3) is 43.5 Å². The van der Waals surface area contributed by atoms with Gasteiger partial charge in [-0.25, -0.2) is 15.0 Å². The third-order valence-corrected chi connectivity index (χ3v) is 7.02. The van der Waals surface area contributed by atoms with Crippen LogP contribution in [0.1, 0.15) is 45.7 Å². The van der Waals surface area contributed by atoms with Crippen LogP contribution in [0.4, 0.5) is 0 Å². The van der Waals surface area contributed by atoms with Gasteiger partial charge in [0.1, 0.15) is 11.2 Å². The molecule has 4 heteroatoms. The molecule has 0 spiro atoms. The summed E-state index contributed by atoms with van der Waals surface area (Å²) in [6, 6.07) is 17.4. The zero-order chi connectivity index (χ0) is 23.2. The third-order valence-electron chi connectivity index (χ3n) is 6.09. The van der Waals surface area contributed by atoms with Crippen LogP contribution >= 0.6 is 11.3 Å². The van der Waals surface area contributed by atoms with Gasteiger partial charge in [-0.2, -0.15) is 0 Å². The first kappa shape index (κ1) is 21.7. The second-order valence-corrected chi connectivity index (χ2v) is 11.0. The number of nitrogens with zero attached hydrogens (tertiary/aromatic N) is 3. The first-order valence-corrected chi connectivity index (χ1v) is 12.4. The van der Waals surface area contributed by atoms with Gasteiger partial charge in [0.2, 0.25) is 0 Å². The molecule has 3 aromatic heterocycles. The lowest BCUT2D eigenvalue weighted by molar-refractivity contribution is 0.596. The lowest BCUT2D eigenvalue weighted by atomic mass is 9.82. The lowest BCUT2D eigenvalue weighted by Crippen LogP contribution is -2.12. The Balaban J connectivity index is 1.68. The average molecular weight is 452 g/mol. The summed E-state index contributed by atoms with van der Waals surface area (Å²) in [4.78, 5) is 15.1. The Hall–Kier alpha value is -3.11. The second-order valence-electron chi connectivity index (χ2n) is 10.2. The first-order valence-electron chi connectivity index (χ1n) is 11.5. The van der Waals surface area contributed by atoms with E-state index in [0.717, 1.165) is 33.8 Å². The summed E-state index contributed by atoms with van der Waals surface area (Å²) in [6.45, 7) is 11.3. The molecule has 0 unspecified atom stereocenters. The molecular weight excluding hydrogens is 422 g/mol. The number of fused-ring (bicyclic) bond motifs is 2. The quantitative estimate of drug-likeness (QED) is 0.277. The van der Waals surface area contributed by atoms with E-state index in [1.54, 1.807) is 17.7 Å². The number of aromatic nitrogens is 3. The molecule has 33 heavy (non-hydrogen) atoms. The highest BCUT2D eigenvalue weighted by Gasteiger charge is 2.19. The van der Waals surface area contributed by atoms with Crippen molar-refractivity contribution in [1.29, 1.82) is 0 Å². The molecule has 166 valence electrons. The summed E-state index contributed by atoms with van der Waals surface area (Å²) in [6.07, 6.45) is 4.62. The molecule has 5 aromatic rings. The van der Waals surface area contributed by atoms with E-state index < -0.39 is 0 Å². The number of pyridine rings is 1. The van der Waals surface area contributed by atoms with Crippen molar-refractivity contribution in [3.8, 4) is 22.5 Å². The molecule has 0 aliphatic heterocycles. The molecule has 3 heterocycles. The van der Waals surface area contributed by atoms with E-state index in [1.807, 2.05) is 6.20 Å². The topological polar surface area (TPSA) is 38.7 Å². The predicted octanol–water partition coefficient (Wildman–Crippen LogP) is 8.07. The number of hydrogen-bond donors (Lipinski definition) is 0. The van der Waals surface area contributed by atoms with Gasteiger partial charge in [0.05, 0.1) is 11.4 Å². The maximum absolute atomic E-state index is 4.68. The monoisotopic (exact) mass is 451 g/mol. The lowest BCUT2D eigenvalue weighted by Gasteiger charge is -2.22. The molecule has 2 aromatic carbocycles. The fourth-order valence-corrected chi connectivity index (χ4v) is 5.52. The first-order chi connectivity index (χ1) is 15.8. The van der Waals surface area contributed by atoms with Crippen molar-refractivity contribution >= 4 is 32.3 Å². The van der Waals surface area contributed by atoms with Gasteiger partial charge in [-0.15, -0.1) is 11.3 Å². The van der Waals surface area contributed by atoms with Crippen molar-refractivity contribution in [3.63, 3.8) is 0 Å². The van der Waals surface area contributed by atoms with Gasteiger partial charge >= 0.3 is 0 Å². The van der Waals surface area contributed by atoms with E-state index >= 15 is 0 Å². The van der Waals surface area contributed by atoms with Gasteiger partial charge in [0.25, 0.3) is 0 Å².